The molecule has 1 N–H and O–H groups in total. The Balaban J connectivity index is 1.43. The van der Waals surface area contributed by atoms with Crippen LogP contribution in [-0.4, -0.2) is 41.1 Å². The van der Waals surface area contributed by atoms with E-state index in [-0.39, 0.29) is 18.5 Å². The highest BCUT2D eigenvalue weighted by atomic mass is 16.5. The molecule has 2 aromatic carbocycles. The number of nitrogens with zero attached hydrogens (tertiary/aromatic N) is 3. The topological polar surface area (TPSA) is 80.0 Å². The molecule has 8 nitrogen and oxygen atoms in total. The van der Waals surface area contributed by atoms with Gasteiger partial charge in [-0.15, -0.1) is 0 Å². The summed E-state index contributed by atoms with van der Waals surface area (Å²) >= 11 is 0. The van der Waals surface area contributed by atoms with E-state index in [1.165, 1.54) is 0 Å². The first-order valence-corrected chi connectivity index (χ1v) is 13.0. The zero-order valence-electron chi connectivity index (χ0n) is 21.7. The third-order valence-electron chi connectivity index (χ3n) is 6.61. The van der Waals surface area contributed by atoms with E-state index in [1.807, 2.05) is 73.8 Å². The maximum atomic E-state index is 14.1. The highest BCUT2D eigenvalue weighted by Crippen LogP contribution is 2.42. The molecule has 1 aliphatic rings. The van der Waals surface area contributed by atoms with Crippen LogP contribution >= 0.6 is 0 Å². The van der Waals surface area contributed by atoms with Crippen LogP contribution < -0.4 is 15.0 Å². The summed E-state index contributed by atoms with van der Waals surface area (Å²) in [5.74, 6) is 1.21. The summed E-state index contributed by atoms with van der Waals surface area (Å²) in [6, 6.07) is 21.9. The second-order valence-corrected chi connectivity index (χ2v) is 9.14. The maximum absolute atomic E-state index is 14.1. The summed E-state index contributed by atoms with van der Waals surface area (Å²) in [5.41, 5.74) is 3.24. The van der Waals surface area contributed by atoms with Crippen molar-refractivity contribution < 1.29 is 18.7 Å². The molecular formula is C30H32N4O4. The largest absolute Gasteiger partial charge is 0.494 e. The Bertz CT molecular complexity index is 1380. The van der Waals surface area contributed by atoms with Crippen LogP contribution in [0.5, 0.6) is 5.75 Å². The van der Waals surface area contributed by atoms with Crippen molar-refractivity contribution in [1.82, 2.24) is 9.47 Å². The maximum Gasteiger partial charge on any atom is 0.322 e. The Hall–Kier alpha value is -4.46. The van der Waals surface area contributed by atoms with E-state index < -0.39 is 6.04 Å². The smallest absolute Gasteiger partial charge is 0.322 e. The number of hydrogen-bond acceptors (Lipinski definition) is 4. The Morgan fingerprint density at radius 1 is 0.974 bits per heavy atom. The molecule has 38 heavy (non-hydrogen) atoms. The minimum atomic E-state index is -0.454. The molecule has 0 spiro atoms. The van der Waals surface area contributed by atoms with Gasteiger partial charge in [0.05, 0.1) is 29.9 Å². The molecule has 3 amide bonds. The van der Waals surface area contributed by atoms with Gasteiger partial charge >= 0.3 is 6.03 Å². The lowest BCUT2D eigenvalue weighted by Crippen LogP contribution is -2.47. The molecule has 4 aromatic rings. The van der Waals surface area contributed by atoms with Gasteiger partial charge in [0.25, 0.3) is 0 Å². The van der Waals surface area contributed by atoms with Crippen molar-refractivity contribution in [3.63, 3.8) is 0 Å². The lowest BCUT2D eigenvalue weighted by molar-refractivity contribution is -0.119. The number of ether oxygens (including phenoxy) is 1. The van der Waals surface area contributed by atoms with Gasteiger partial charge in [0.15, 0.2) is 0 Å². The number of anilines is 2. The van der Waals surface area contributed by atoms with Gasteiger partial charge in [-0.05, 0) is 74.0 Å². The second-order valence-electron chi connectivity index (χ2n) is 9.14. The number of aromatic nitrogens is 1. The number of fused-ring (bicyclic) bond motifs is 3. The zero-order chi connectivity index (χ0) is 26.5. The highest BCUT2D eigenvalue weighted by molar-refractivity contribution is 6.01. The first kappa shape index (κ1) is 25.2. The normalized spacial score (nSPS) is 13.9. The molecule has 8 heteroatoms. The summed E-state index contributed by atoms with van der Waals surface area (Å²) in [7, 11) is 0. The van der Waals surface area contributed by atoms with E-state index in [4.69, 9.17) is 9.15 Å². The minimum absolute atomic E-state index is 0.0743. The zero-order valence-corrected chi connectivity index (χ0v) is 21.7. The quantitative estimate of drug-likeness (QED) is 0.288. The van der Waals surface area contributed by atoms with Crippen LogP contribution in [-0.2, 0) is 4.79 Å². The van der Waals surface area contributed by atoms with Crippen LogP contribution in [0.15, 0.2) is 89.7 Å². The average Bonchev–Trinajstić information content (AvgIpc) is 3.64. The molecule has 0 saturated heterocycles. The fourth-order valence-corrected chi connectivity index (χ4v) is 4.82. The van der Waals surface area contributed by atoms with Crippen molar-refractivity contribution in [2.24, 2.45) is 0 Å². The van der Waals surface area contributed by atoms with Crippen molar-refractivity contribution in [2.45, 2.75) is 32.7 Å². The predicted octanol–water partition coefficient (Wildman–Crippen LogP) is 6.24. The van der Waals surface area contributed by atoms with Gasteiger partial charge in [0.2, 0.25) is 5.91 Å². The Morgan fingerprint density at radius 2 is 1.76 bits per heavy atom. The van der Waals surface area contributed by atoms with Gasteiger partial charge in [0.1, 0.15) is 24.1 Å². The van der Waals surface area contributed by atoms with Crippen LogP contribution in [0.2, 0.25) is 0 Å². The molecule has 5 rings (SSSR count). The number of nitrogens with one attached hydrogen (secondary N) is 1. The molecule has 1 aliphatic heterocycles. The number of furan rings is 1. The van der Waals surface area contributed by atoms with Crippen molar-refractivity contribution in [2.75, 3.05) is 29.9 Å². The number of carbonyl (C=O) groups excluding carboxylic acids is 2. The van der Waals surface area contributed by atoms with Gasteiger partial charge in [-0.2, -0.15) is 0 Å². The SMILES string of the molecule is CCCCN(CC(=O)N1c2ccccc2-n2cccc2C1c1ccco1)C(=O)Nc1ccc(OCC)cc1. The lowest BCUT2D eigenvalue weighted by atomic mass is 10.0. The van der Waals surface area contributed by atoms with Crippen LogP contribution in [0, 0.1) is 0 Å². The molecule has 3 heterocycles. The number of urea groups is 1. The molecule has 0 aliphatic carbocycles. The van der Waals surface area contributed by atoms with E-state index in [0.717, 1.165) is 35.7 Å². The van der Waals surface area contributed by atoms with E-state index in [1.54, 1.807) is 28.2 Å². The highest BCUT2D eigenvalue weighted by Gasteiger charge is 2.38. The Labute approximate surface area is 222 Å². The molecule has 0 radical (unpaired) electrons. The number of benzene rings is 2. The summed E-state index contributed by atoms with van der Waals surface area (Å²) in [6.45, 7) is 4.94. The number of rotatable bonds is 9. The van der Waals surface area contributed by atoms with E-state index in [2.05, 4.69) is 16.8 Å². The molecule has 0 fully saturated rings. The number of amides is 3. The Kier molecular flexibility index (Phi) is 7.49. The van der Waals surface area contributed by atoms with Crippen molar-refractivity contribution in [3.8, 4) is 11.4 Å². The van der Waals surface area contributed by atoms with Crippen LogP contribution in [0.4, 0.5) is 16.2 Å². The Morgan fingerprint density at radius 3 is 2.47 bits per heavy atom. The van der Waals surface area contributed by atoms with Gasteiger partial charge in [-0.3, -0.25) is 9.69 Å². The minimum Gasteiger partial charge on any atom is -0.494 e. The summed E-state index contributed by atoms with van der Waals surface area (Å²) < 4.78 is 13.4. The van der Waals surface area contributed by atoms with Crippen LogP contribution in [0.3, 0.4) is 0 Å². The third kappa shape index (κ3) is 5.02. The lowest BCUT2D eigenvalue weighted by Gasteiger charge is -2.38. The van der Waals surface area contributed by atoms with E-state index >= 15 is 0 Å². The molecule has 0 saturated carbocycles. The third-order valence-corrected chi connectivity index (χ3v) is 6.61. The average molecular weight is 513 g/mol. The van der Waals surface area contributed by atoms with Gasteiger partial charge in [0, 0.05) is 18.4 Å². The van der Waals surface area contributed by atoms with Crippen LogP contribution in [0.25, 0.3) is 5.69 Å². The molecule has 1 unspecified atom stereocenters. The molecule has 2 aromatic heterocycles. The monoisotopic (exact) mass is 512 g/mol. The molecule has 0 bridgehead atoms. The summed E-state index contributed by atoms with van der Waals surface area (Å²) in [6.07, 6.45) is 5.29. The first-order valence-electron chi connectivity index (χ1n) is 13.0. The second kappa shape index (κ2) is 11.3. The number of carbonyl (C=O) groups is 2. The molecular weight excluding hydrogens is 480 g/mol. The number of hydrogen-bond donors (Lipinski definition) is 1. The fraction of sp³-hybridized carbons (Fsp3) is 0.267. The van der Waals surface area contributed by atoms with Crippen molar-refractivity contribution in [1.29, 1.82) is 0 Å². The van der Waals surface area contributed by atoms with Gasteiger partial charge in [-0.25, -0.2) is 4.79 Å². The van der Waals surface area contributed by atoms with E-state index in [0.29, 0.717) is 24.6 Å². The number of unbranched alkanes of at least 4 members (excludes halogenated alkanes) is 1. The van der Waals surface area contributed by atoms with Gasteiger partial charge in [-0.1, -0.05) is 25.5 Å². The number of para-hydroxylation sites is 2. The summed E-state index contributed by atoms with van der Waals surface area (Å²) in [5, 5.41) is 2.94. The predicted molar refractivity (Wildman–Crippen MR) is 147 cm³/mol. The first-order chi connectivity index (χ1) is 18.6. The fourth-order valence-electron chi connectivity index (χ4n) is 4.82. The van der Waals surface area contributed by atoms with Crippen LogP contribution in [0.1, 0.15) is 44.2 Å². The van der Waals surface area contributed by atoms with Crippen molar-refractivity contribution in [3.05, 3.63) is 96.7 Å². The van der Waals surface area contributed by atoms with E-state index in [9.17, 15) is 9.59 Å². The standard InChI is InChI=1S/C30H32N4O4/c1-3-5-18-32(30(36)31-22-14-16-23(17-15-22)37-4-2)21-28(35)34-25-11-7-6-10-24(25)33-19-8-12-26(33)29(34)27-13-9-20-38-27/h6-17,19-20,29H,3-5,18,21H2,1-2H3,(H,31,36). The molecule has 1 atom stereocenters. The van der Waals surface area contributed by atoms with Crippen molar-refractivity contribution >= 4 is 23.3 Å². The van der Waals surface area contributed by atoms with Gasteiger partial charge < -0.3 is 23.9 Å². The molecule has 196 valence electrons. The summed E-state index contributed by atoms with van der Waals surface area (Å²) in [4.78, 5) is 30.8.